The van der Waals surface area contributed by atoms with Crippen molar-refractivity contribution in [1.82, 2.24) is 9.80 Å². The van der Waals surface area contributed by atoms with Gasteiger partial charge in [0.15, 0.2) is 0 Å². The maximum atomic E-state index is 12.7. The zero-order valence-electron chi connectivity index (χ0n) is 13.8. The topological polar surface area (TPSA) is 49.9 Å². The highest BCUT2D eigenvalue weighted by atomic mass is 16.5. The number of aryl methyl sites for hydroxylation is 1. The zero-order chi connectivity index (χ0) is 16.3. The number of rotatable bonds is 3. The molecule has 5 nitrogen and oxygen atoms in total. The third-order valence-electron chi connectivity index (χ3n) is 3.96. The van der Waals surface area contributed by atoms with E-state index in [1.807, 2.05) is 43.9 Å². The van der Waals surface area contributed by atoms with E-state index in [2.05, 4.69) is 0 Å². The number of carbonyl (C=O) groups is 2. The van der Waals surface area contributed by atoms with E-state index in [-0.39, 0.29) is 17.7 Å². The van der Waals surface area contributed by atoms with Crippen molar-refractivity contribution in [2.24, 2.45) is 5.92 Å². The van der Waals surface area contributed by atoms with E-state index < -0.39 is 0 Å². The molecule has 2 rings (SSSR count). The second-order valence-electron chi connectivity index (χ2n) is 5.98. The molecular weight excluding hydrogens is 280 g/mol. The number of nitrogens with zero attached hydrogens (tertiary/aromatic N) is 2. The van der Waals surface area contributed by atoms with Crippen molar-refractivity contribution in [1.29, 1.82) is 0 Å². The Balaban J connectivity index is 2.07. The molecule has 0 radical (unpaired) electrons. The van der Waals surface area contributed by atoms with E-state index in [1.165, 1.54) is 0 Å². The Labute approximate surface area is 131 Å². The van der Waals surface area contributed by atoms with E-state index >= 15 is 0 Å². The highest BCUT2D eigenvalue weighted by Gasteiger charge is 2.27. The van der Waals surface area contributed by atoms with Crippen LogP contribution in [0, 0.1) is 12.8 Å². The van der Waals surface area contributed by atoms with Crippen LogP contribution in [0.25, 0.3) is 0 Å². The van der Waals surface area contributed by atoms with E-state index in [0.29, 0.717) is 37.5 Å². The van der Waals surface area contributed by atoms with Gasteiger partial charge in [-0.2, -0.15) is 0 Å². The summed E-state index contributed by atoms with van der Waals surface area (Å²) in [7, 11) is 1.57. The first-order chi connectivity index (χ1) is 10.4. The summed E-state index contributed by atoms with van der Waals surface area (Å²) >= 11 is 0. The molecule has 1 aromatic carbocycles. The maximum absolute atomic E-state index is 12.7. The Hall–Kier alpha value is -2.04. The van der Waals surface area contributed by atoms with Crippen molar-refractivity contribution >= 4 is 11.8 Å². The first kappa shape index (κ1) is 16.3. The van der Waals surface area contributed by atoms with Crippen LogP contribution < -0.4 is 4.74 Å². The van der Waals surface area contributed by atoms with Crippen molar-refractivity contribution < 1.29 is 14.3 Å². The predicted octanol–water partition coefficient (Wildman–Crippen LogP) is 1.94. The Morgan fingerprint density at radius 3 is 2.23 bits per heavy atom. The van der Waals surface area contributed by atoms with Crippen molar-refractivity contribution in [2.45, 2.75) is 20.8 Å². The van der Waals surface area contributed by atoms with Crippen LogP contribution in [-0.4, -0.2) is 54.9 Å². The van der Waals surface area contributed by atoms with Gasteiger partial charge in [0.1, 0.15) is 5.75 Å². The second kappa shape index (κ2) is 6.81. The monoisotopic (exact) mass is 304 g/mol. The van der Waals surface area contributed by atoms with E-state index in [9.17, 15) is 9.59 Å². The first-order valence-corrected chi connectivity index (χ1v) is 7.66. The number of carbonyl (C=O) groups excluding carboxylic acids is 2. The van der Waals surface area contributed by atoms with Crippen LogP contribution in [-0.2, 0) is 4.79 Å². The third kappa shape index (κ3) is 3.40. The molecule has 1 heterocycles. The van der Waals surface area contributed by atoms with Crippen LogP contribution in [0.15, 0.2) is 18.2 Å². The minimum Gasteiger partial charge on any atom is -0.496 e. The Bertz CT molecular complexity index is 561. The number of methoxy groups -OCH3 is 1. The van der Waals surface area contributed by atoms with Crippen LogP contribution in [0.5, 0.6) is 5.75 Å². The summed E-state index contributed by atoms with van der Waals surface area (Å²) in [5, 5.41) is 0. The lowest BCUT2D eigenvalue weighted by atomic mass is 10.1. The Morgan fingerprint density at radius 2 is 1.68 bits per heavy atom. The van der Waals surface area contributed by atoms with Crippen LogP contribution in [0.2, 0.25) is 0 Å². The summed E-state index contributed by atoms with van der Waals surface area (Å²) in [6.45, 7) is 8.07. The minimum absolute atomic E-state index is 0.000816. The third-order valence-corrected chi connectivity index (χ3v) is 3.96. The van der Waals surface area contributed by atoms with Crippen LogP contribution in [0.3, 0.4) is 0 Å². The zero-order valence-corrected chi connectivity index (χ0v) is 13.8. The van der Waals surface area contributed by atoms with Crippen molar-refractivity contribution in [2.75, 3.05) is 33.3 Å². The molecule has 1 aliphatic heterocycles. The fourth-order valence-corrected chi connectivity index (χ4v) is 2.65. The molecule has 0 saturated carbocycles. The van der Waals surface area contributed by atoms with E-state index in [1.54, 1.807) is 12.0 Å². The fraction of sp³-hybridized carbons (Fsp3) is 0.529. The predicted molar refractivity (Wildman–Crippen MR) is 85.1 cm³/mol. The smallest absolute Gasteiger partial charge is 0.257 e. The molecule has 1 fully saturated rings. The largest absolute Gasteiger partial charge is 0.496 e. The maximum Gasteiger partial charge on any atom is 0.257 e. The molecule has 1 saturated heterocycles. The van der Waals surface area contributed by atoms with Gasteiger partial charge < -0.3 is 14.5 Å². The molecule has 0 aliphatic carbocycles. The molecule has 1 aromatic rings. The van der Waals surface area contributed by atoms with Crippen molar-refractivity contribution in [3.63, 3.8) is 0 Å². The van der Waals surface area contributed by atoms with Gasteiger partial charge in [0.2, 0.25) is 5.91 Å². The van der Waals surface area contributed by atoms with Gasteiger partial charge in [-0.3, -0.25) is 9.59 Å². The lowest BCUT2D eigenvalue weighted by Crippen LogP contribution is -2.51. The quantitative estimate of drug-likeness (QED) is 0.857. The Kier molecular flexibility index (Phi) is 5.06. The molecule has 22 heavy (non-hydrogen) atoms. The van der Waals surface area contributed by atoms with Crippen LogP contribution >= 0.6 is 0 Å². The molecule has 0 aromatic heterocycles. The van der Waals surface area contributed by atoms with Gasteiger partial charge in [0, 0.05) is 32.1 Å². The molecule has 0 spiro atoms. The summed E-state index contributed by atoms with van der Waals surface area (Å²) in [6.07, 6.45) is 0. The van der Waals surface area contributed by atoms with Gasteiger partial charge in [-0.15, -0.1) is 0 Å². The number of amides is 2. The van der Waals surface area contributed by atoms with Gasteiger partial charge in [-0.1, -0.05) is 25.5 Å². The molecule has 0 bridgehead atoms. The first-order valence-electron chi connectivity index (χ1n) is 7.66. The molecule has 0 N–H and O–H groups in total. The SMILES string of the molecule is COc1ccc(C)cc1C(=O)N1CCN(C(=O)C(C)C)CC1. The fourth-order valence-electron chi connectivity index (χ4n) is 2.65. The normalized spacial score (nSPS) is 15.1. The molecule has 0 atom stereocenters. The number of ether oxygens (including phenoxy) is 1. The molecule has 1 aliphatic rings. The number of hydrogen-bond donors (Lipinski definition) is 0. The highest BCUT2D eigenvalue weighted by Crippen LogP contribution is 2.22. The lowest BCUT2D eigenvalue weighted by Gasteiger charge is -2.35. The summed E-state index contributed by atoms with van der Waals surface area (Å²) in [4.78, 5) is 28.3. The number of piperazine rings is 1. The number of benzene rings is 1. The summed E-state index contributed by atoms with van der Waals surface area (Å²) in [5.41, 5.74) is 1.61. The van der Waals surface area contributed by atoms with Gasteiger partial charge in [0.25, 0.3) is 5.91 Å². The number of hydrogen-bond acceptors (Lipinski definition) is 3. The second-order valence-corrected chi connectivity index (χ2v) is 5.98. The van der Waals surface area contributed by atoms with E-state index in [0.717, 1.165) is 5.56 Å². The molecular formula is C17H24N2O3. The highest BCUT2D eigenvalue weighted by molar-refractivity contribution is 5.97. The summed E-state index contributed by atoms with van der Waals surface area (Å²) in [5.74, 6) is 0.716. The van der Waals surface area contributed by atoms with E-state index in [4.69, 9.17) is 4.74 Å². The van der Waals surface area contributed by atoms with Crippen LogP contribution in [0.1, 0.15) is 29.8 Å². The molecule has 2 amide bonds. The van der Waals surface area contributed by atoms with Gasteiger partial charge in [0.05, 0.1) is 12.7 Å². The van der Waals surface area contributed by atoms with Crippen molar-refractivity contribution in [3.05, 3.63) is 29.3 Å². The van der Waals surface area contributed by atoms with Gasteiger partial charge in [-0.25, -0.2) is 0 Å². The van der Waals surface area contributed by atoms with Gasteiger partial charge in [-0.05, 0) is 19.1 Å². The summed E-state index contributed by atoms with van der Waals surface area (Å²) in [6, 6.07) is 5.60. The average Bonchev–Trinajstić information content (AvgIpc) is 2.53. The molecule has 0 unspecified atom stereocenters. The molecule has 5 heteroatoms. The minimum atomic E-state index is -0.0304. The average molecular weight is 304 g/mol. The lowest BCUT2D eigenvalue weighted by molar-refractivity contribution is -0.135. The standard InChI is InChI=1S/C17H24N2O3/c1-12(2)16(20)18-7-9-19(10-8-18)17(21)14-11-13(3)5-6-15(14)22-4/h5-6,11-12H,7-10H2,1-4H3. The molecule has 120 valence electrons. The van der Waals surface area contributed by atoms with Gasteiger partial charge >= 0.3 is 0 Å². The Morgan fingerprint density at radius 1 is 1.09 bits per heavy atom. The van der Waals surface area contributed by atoms with Crippen molar-refractivity contribution in [3.8, 4) is 5.75 Å². The summed E-state index contributed by atoms with van der Waals surface area (Å²) < 4.78 is 5.29. The van der Waals surface area contributed by atoms with Crippen LogP contribution in [0.4, 0.5) is 0 Å².